The van der Waals surface area contributed by atoms with Gasteiger partial charge in [0, 0.05) is 44.2 Å². The number of benzene rings is 1. The van der Waals surface area contributed by atoms with Crippen LogP contribution in [0.2, 0.25) is 0 Å². The number of carbonyl (C=O) groups is 1. The zero-order valence-electron chi connectivity index (χ0n) is 19.2. The average Bonchev–Trinajstić information content (AvgIpc) is 3.41. The lowest BCUT2D eigenvalue weighted by molar-refractivity contribution is -0.116. The highest BCUT2D eigenvalue weighted by Gasteiger charge is 2.24. The molecule has 0 atom stereocenters. The molecule has 1 amide bonds. The molecule has 2 N–H and O–H groups in total. The highest BCUT2D eigenvalue weighted by Crippen LogP contribution is 2.26. The van der Waals surface area contributed by atoms with E-state index in [1.54, 1.807) is 6.20 Å². The van der Waals surface area contributed by atoms with Gasteiger partial charge < -0.3 is 10.3 Å². The van der Waals surface area contributed by atoms with Crippen molar-refractivity contribution >= 4 is 11.7 Å². The summed E-state index contributed by atoms with van der Waals surface area (Å²) in [5, 5.41) is 7.60. The first kappa shape index (κ1) is 22.3. The Labute approximate surface area is 190 Å². The molecule has 32 heavy (non-hydrogen) atoms. The van der Waals surface area contributed by atoms with Crippen LogP contribution in [0.5, 0.6) is 0 Å². The van der Waals surface area contributed by atoms with E-state index in [4.69, 9.17) is 4.98 Å². The Bertz CT molecular complexity index is 1000. The van der Waals surface area contributed by atoms with Crippen LogP contribution in [0.3, 0.4) is 0 Å². The predicted octanol–water partition coefficient (Wildman–Crippen LogP) is 4.28. The third kappa shape index (κ3) is 5.65. The number of anilines is 1. The lowest BCUT2D eigenvalue weighted by atomic mass is 10.0. The van der Waals surface area contributed by atoms with Crippen LogP contribution >= 0.6 is 0 Å². The Kier molecular flexibility index (Phi) is 7.37. The summed E-state index contributed by atoms with van der Waals surface area (Å²) in [5.74, 6) is 1.93. The van der Waals surface area contributed by atoms with Gasteiger partial charge >= 0.3 is 0 Å². The minimum Gasteiger partial charge on any atom is -0.346 e. The third-order valence-electron chi connectivity index (χ3n) is 6.30. The summed E-state index contributed by atoms with van der Waals surface area (Å²) in [5.41, 5.74) is 3.60. The monoisotopic (exact) mass is 434 g/mol. The molecule has 7 nitrogen and oxygen atoms in total. The third-order valence-corrected chi connectivity index (χ3v) is 6.30. The van der Waals surface area contributed by atoms with Crippen LogP contribution in [0.15, 0.2) is 42.6 Å². The van der Waals surface area contributed by atoms with Gasteiger partial charge in [-0.2, -0.15) is 5.10 Å². The molecule has 0 bridgehead atoms. The number of amides is 1. The second-order valence-corrected chi connectivity index (χ2v) is 8.66. The number of nitrogens with zero attached hydrogens (tertiary/aromatic N) is 4. The molecule has 1 aliphatic rings. The van der Waals surface area contributed by atoms with Crippen molar-refractivity contribution < 1.29 is 4.79 Å². The quantitative estimate of drug-likeness (QED) is 0.527. The van der Waals surface area contributed by atoms with E-state index in [0.29, 0.717) is 12.5 Å². The van der Waals surface area contributed by atoms with Crippen LogP contribution in [0.25, 0.3) is 0 Å². The highest BCUT2D eigenvalue weighted by atomic mass is 16.1. The van der Waals surface area contributed by atoms with E-state index in [2.05, 4.69) is 46.3 Å². The number of aromatic nitrogens is 4. The number of aryl methyl sites for hydroxylation is 3. The van der Waals surface area contributed by atoms with Crippen molar-refractivity contribution in [3.8, 4) is 0 Å². The number of likely N-dealkylation sites (tertiary alicyclic amines) is 1. The first-order valence-corrected chi connectivity index (χ1v) is 11.8. The molecule has 7 heteroatoms. The minimum atomic E-state index is 0.0563. The van der Waals surface area contributed by atoms with Crippen molar-refractivity contribution in [1.29, 1.82) is 0 Å². The SMILES string of the molecule is CCc1nc(CN2CCC(n3nccc3NC(=O)CCCc3ccccc3)CC2)c(C)[nH]1. The van der Waals surface area contributed by atoms with Crippen molar-refractivity contribution in [1.82, 2.24) is 24.6 Å². The van der Waals surface area contributed by atoms with Gasteiger partial charge in [-0.1, -0.05) is 37.3 Å². The molecule has 0 saturated carbocycles. The van der Waals surface area contributed by atoms with Gasteiger partial charge in [-0.25, -0.2) is 9.67 Å². The summed E-state index contributed by atoms with van der Waals surface area (Å²) in [4.78, 5) is 23.0. The molecular formula is C25H34N6O. The maximum Gasteiger partial charge on any atom is 0.225 e. The summed E-state index contributed by atoms with van der Waals surface area (Å²) in [6, 6.07) is 12.5. The minimum absolute atomic E-state index is 0.0563. The smallest absolute Gasteiger partial charge is 0.225 e. The number of nitrogens with one attached hydrogen (secondary N) is 2. The second-order valence-electron chi connectivity index (χ2n) is 8.66. The molecule has 170 valence electrons. The first-order valence-electron chi connectivity index (χ1n) is 11.8. The molecule has 0 spiro atoms. The van der Waals surface area contributed by atoms with Gasteiger partial charge in [0.05, 0.1) is 17.9 Å². The van der Waals surface area contributed by atoms with Crippen molar-refractivity contribution in [2.24, 2.45) is 0 Å². The van der Waals surface area contributed by atoms with Crippen molar-refractivity contribution in [2.75, 3.05) is 18.4 Å². The molecule has 4 rings (SSSR count). The van der Waals surface area contributed by atoms with Crippen LogP contribution in [0, 0.1) is 6.92 Å². The molecule has 0 radical (unpaired) electrons. The number of rotatable bonds is 9. The lowest BCUT2D eigenvalue weighted by Gasteiger charge is -2.32. The first-order chi connectivity index (χ1) is 15.6. The van der Waals surface area contributed by atoms with Crippen molar-refractivity contribution in [2.45, 2.75) is 65.0 Å². The maximum absolute atomic E-state index is 12.5. The fourth-order valence-corrected chi connectivity index (χ4v) is 4.43. The summed E-state index contributed by atoms with van der Waals surface area (Å²) >= 11 is 0. The standard InChI is InChI=1S/C25H34N6O/c1-3-23-27-19(2)22(28-23)18-30-16-13-21(14-17-30)31-24(12-15-26-31)29-25(32)11-7-10-20-8-5-4-6-9-20/h4-6,8-9,12,15,21H,3,7,10-11,13-14,16-18H2,1-2H3,(H,27,28)(H,29,32). The normalized spacial score (nSPS) is 15.2. The Morgan fingerprint density at radius 3 is 2.69 bits per heavy atom. The number of H-pyrrole nitrogens is 1. The Morgan fingerprint density at radius 1 is 1.19 bits per heavy atom. The van der Waals surface area contributed by atoms with Crippen molar-refractivity contribution in [3.05, 3.63) is 65.4 Å². The molecule has 3 heterocycles. The molecule has 1 aliphatic heterocycles. The Balaban J connectivity index is 1.25. The molecule has 3 aromatic rings. The van der Waals surface area contributed by atoms with Gasteiger partial charge in [-0.05, 0) is 38.2 Å². The summed E-state index contributed by atoms with van der Waals surface area (Å²) in [7, 11) is 0. The number of hydrogen-bond acceptors (Lipinski definition) is 4. The van der Waals surface area contributed by atoms with Crippen LogP contribution in [-0.4, -0.2) is 43.6 Å². The Morgan fingerprint density at radius 2 is 1.97 bits per heavy atom. The average molecular weight is 435 g/mol. The molecule has 0 unspecified atom stereocenters. The number of carbonyl (C=O) groups excluding carboxylic acids is 1. The molecule has 1 saturated heterocycles. The summed E-state index contributed by atoms with van der Waals surface area (Å²) in [6.07, 6.45) is 7.02. The van der Waals surface area contributed by atoms with Crippen molar-refractivity contribution in [3.63, 3.8) is 0 Å². The van der Waals surface area contributed by atoms with Gasteiger partial charge in [-0.3, -0.25) is 9.69 Å². The molecular weight excluding hydrogens is 400 g/mol. The van der Waals surface area contributed by atoms with Crippen LogP contribution in [0.1, 0.15) is 61.4 Å². The fraction of sp³-hybridized carbons (Fsp3) is 0.480. The van der Waals surface area contributed by atoms with Gasteiger partial charge in [0.25, 0.3) is 0 Å². The molecule has 1 aromatic carbocycles. The summed E-state index contributed by atoms with van der Waals surface area (Å²) in [6.45, 7) is 7.12. The van der Waals surface area contributed by atoms with E-state index in [1.165, 1.54) is 11.3 Å². The van der Waals surface area contributed by atoms with E-state index in [1.807, 2.05) is 28.9 Å². The van der Waals surface area contributed by atoms with Gasteiger partial charge in [0.2, 0.25) is 5.91 Å². The zero-order chi connectivity index (χ0) is 22.3. The van der Waals surface area contributed by atoms with E-state index in [9.17, 15) is 4.79 Å². The highest BCUT2D eigenvalue weighted by molar-refractivity contribution is 5.89. The number of piperidine rings is 1. The van der Waals surface area contributed by atoms with E-state index >= 15 is 0 Å². The second kappa shape index (κ2) is 10.6. The number of aromatic amines is 1. The number of imidazole rings is 1. The topological polar surface area (TPSA) is 78.8 Å². The summed E-state index contributed by atoms with van der Waals surface area (Å²) < 4.78 is 2.00. The van der Waals surface area contributed by atoms with E-state index in [-0.39, 0.29) is 5.91 Å². The molecule has 0 aliphatic carbocycles. The van der Waals surface area contributed by atoms with E-state index < -0.39 is 0 Å². The Hall–Kier alpha value is -2.93. The zero-order valence-corrected chi connectivity index (χ0v) is 19.2. The van der Waals surface area contributed by atoms with Gasteiger partial charge in [0.1, 0.15) is 11.6 Å². The largest absolute Gasteiger partial charge is 0.346 e. The van der Waals surface area contributed by atoms with Gasteiger partial charge in [-0.15, -0.1) is 0 Å². The fourth-order valence-electron chi connectivity index (χ4n) is 4.43. The maximum atomic E-state index is 12.5. The number of hydrogen-bond donors (Lipinski definition) is 2. The molecule has 2 aromatic heterocycles. The van der Waals surface area contributed by atoms with E-state index in [0.717, 1.165) is 69.1 Å². The van der Waals surface area contributed by atoms with Gasteiger partial charge in [0.15, 0.2) is 0 Å². The van der Waals surface area contributed by atoms with Crippen LogP contribution in [0.4, 0.5) is 5.82 Å². The molecule has 1 fully saturated rings. The van der Waals surface area contributed by atoms with Crippen LogP contribution < -0.4 is 5.32 Å². The predicted molar refractivity (Wildman–Crippen MR) is 126 cm³/mol. The van der Waals surface area contributed by atoms with Crippen LogP contribution in [-0.2, 0) is 24.2 Å². The lowest BCUT2D eigenvalue weighted by Crippen LogP contribution is -2.35.